The Morgan fingerprint density at radius 2 is 1.85 bits per heavy atom. The van der Waals surface area contributed by atoms with Gasteiger partial charge in [0, 0.05) is 11.3 Å². The molecule has 1 atom stereocenters. The van der Waals surface area contributed by atoms with Crippen molar-refractivity contribution in [1.29, 1.82) is 0 Å². The standard InChI is InChI=1S/C20H29N5S2/c1-7-14(8-2)15-9-11(3)24-25-17(12(4)22-19(15)25)18-13(5)23-20(27-18)16(21)10-26-6/h9,14,16H,7-8,10,21H2,1-6H3. The number of aromatic nitrogens is 4. The van der Waals surface area contributed by atoms with Crippen LogP contribution in [0.2, 0.25) is 0 Å². The van der Waals surface area contributed by atoms with Crippen molar-refractivity contribution in [1.82, 2.24) is 19.6 Å². The highest BCUT2D eigenvalue weighted by molar-refractivity contribution is 7.98. The van der Waals surface area contributed by atoms with Crippen LogP contribution in [0.15, 0.2) is 6.07 Å². The number of hydrogen-bond acceptors (Lipinski definition) is 6. The van der Waals surface area contributed by atoms with E-state index in [1.165, 1.54) is 5.56 Å². The molecule has 0 aliphatic rings. The monoisotopic (exact) mass is 403 g/mol. The van der Waals surface area contributed by atoms with Crippen LogP contribution in [-0.2, 0) is 0 Å². The molecule has 0 spiro atoms. The van der Waals surface area contributed by atoms with Crippen molar-refractivity contribution < 1.29 is 0 Å². The fraction of sp³-hybridized carbons (Fsp3) is 0.550. The van der Waals surface area contributed by atoms with Gasteiger partial charge in [0.05, 0.1) is 28.0 Å². The number of nitrogens with zero attached hydrogens (tertiary/aromatic N) is 4. The number of thiazole rings is 1. The SMILES string of the molecule is CCC(CC)c1cc(C)nn2c(-c3sc(C(N)CSC)nc3C)c(C)nc12. The molecule has 1 unspecified atom stereocenters. The maximum Gasteiger partial charge on any atom is 0.158 e. The number of rotatable bonds is 7. The summed E-state index contributed by atoms with van der Waals surface area (Å²) in [5, 5.41) is 5.80. The van der Waals surface area contributed by atoms with E-state index in [0.29, 0.717) is 5.92 Å². The van der Waals surface area contributed by atoms with Crippen molar-refractivity contribution >= 4 is 28.7 Å². The van der Waals surface area contributed by atoms with Gasteiger partial charge in [0.1, 0.15) is 10.7 Å². The van der Waals surface area contributed by atoms with Gasteiger partial charge in [-0.2, -0.15) is 16.9 Å². The average Bonchev–Trinajstić information content (AvgIpc) is 3.15. The third-order valence-electron chi connectivity index (χ3n) is 5.03. The Labute approximate surface area is 169 Å². The summed E-state index contributed by atoms with van der Waals surface area (Å²) < 4.78 is 2.03. The van der Waals surface area contributed by atoms with Crippen molar-refractivity contribution in [2.24, 2.45) is 5.73 Å². The van der Waals surface area contributed by atoms with Crippen molar-refractivity contribution in [2.75, 3.05) is 12.0 Å². The first kappa shape index (κ1) is 20.3. The van der Waals surface area contributed by atoms with E-state index in [0.717, 1.165) is 56.9 Å². The zero-order valence-electron chi connectivity index (χ0n) is 17.0. The zero-order chi connectivity index (χ0) is 19.7. The number of thioether (sulfide) groups is 1. The number of aryl methyl sites for hydroxylation is 3. The van der Waals surface area contributed by atoms with Crippen LogP contribution in [0.3, 0.4) is 0 Å². The molecule has 2 N–H and O–H groups in total. The fourth-order valence-corrected chi connectivity index (χ4v) is 5.39. The topological polar surface area (TPSA) is 69.1 Å². The lowest BCUT2D eigenvalue weighted by Gasteiger charge is -2.14. The summed E-state index contributed by atoms with van der Waals surface area (Å²) in [5.74, 6) is 1.37. The summed E-state index contributed by atoms with van der Waals surface area (Å²) in [6.07, 6.45) is 4.27. The quantitative estimate of drug-likeness (QED) is 0.598. The van der Waals surface area contributed by atoms with Gasteiger partial charge in [-0.3, -0.25) is 0 Å². The minimum Gasteiger partial charge on any atom is -0.321 e. The summed E-state index contributed by atoms with van der Waals surface area (Å²) in [4.78, 5) is 10.8. The van der Waals surface area contributed by atoms with E-state index < -0.39 is 0 Å². The molecule has 7 heteroatoms. The predicted molar refractivity (Wildman–Crippen MR) is 117 cm³/mol. The molecule has 3 aromatic rings. The third-order valence-corrected chi connectivity index (χ3v) is 7.01. The molecule has 0 aromatic carbocycles. The average molecular weight is 404 g/mol. The molecule has 3 aromatic heterocycles. The Bertz CT molecular complexity index is 940. The van der Waals surface area contributed by atoms with E-state index in [2.05, 4.69) is 46.9 Å². The van der Waals surface area contributed by atoms with Crippen LogP contribution in [-0.4, -0.2) is 31.6 Å². The van der Waals surface area contributed by atoms with Gasteiger partial charge in [0.2, 0.25) is 0 Å². The smallest absolute Gasteiger partial charge is 0.158 e. The highest BCUT2D eigenvalue weighted by Crippen LogP contribution is 2.36. The number of hydrogen-bond donors (Lipinski definition) is 1. The second kappa shape index (κ2) is 8.29. The van der Waals surface area contributed by atoms with Gasteiger partial charge in [-0.15, -0.1) is 11.3 Å². The molecular weight excluding hydrogens is 374 g/mol. The maximum absolute atomic E-state index is 6.30. The van der Waals surface area contributed by atoms with Crippen molar-refractivity contribution in [3.05, 3.63) is 33.7 Å². The predicted octanol–water partition coefficient (Wildman–Crippen LogP) is 5.04. The summed E-state index contributed by atoms with van der Waals surface area (Å²) >= 11 is 3.42. The van der Waals surface area contributed by atoms with Crippen molar-refractivity contribution in [3.8, 4) is 10.6 Å². The first-order valence-corrected chi connectivity index (χ1v) is 11.7. The molecule has 0 saturated carbocycles. The zero-order valence-corrected chi connectivity index (χ0v) is 18.7. The van der Waals surface area contributed by atoms with Crippen molar-refractivity contribution in [3.63, 3.8) is 0 Å². The van der Waals surface area contributed by atoms with Gasteiger partial charge in [-0.05, 0) is 51.9 Å². The van der Waals surface area contributed by atoms with E-state index in [1.807, 2.05) is 4.52 Å². The number of nitrogens with two attached hydrogens (primary N) is 1. The molecule has 3 rings (SSSR count). The highest BCUT2D eigenvalue weighted by atomic mass is 32.2. The number of imidazole rings is 1. The Morgan fingerprint density at radius 3 is 2.48 bits per heavy atom. The molecule has 146 valence electrons. The molecule has 0 fully saturated rings. The maximum atomic E-state index is 6.30. The lowest BCUT2D eigenvalue weighted by Crippen LogP contribution is -2.12. The molecule has 0 bridgehead atoms. The Morgan fingerprint density at radius 1 is 1.15 bits per heavy atom. The Kier molecular flexibility index (Phi) is 6.23. The molecule has 0 radical (unpaired) electrons. The van der Waals surface area contributed by atoms with E-state index in [9.17, 15) is 0 Å². The molecule has 0 aliphatic heterocycles. The molecular formula is C20H29N5S2. The van der Waals surface area contributed by atoms with Crippen LogP contribution >= 0.6 is 23.1 Å². The molecule has 0 saturated heterocycles. The van der Waals surface area contributed by atoms with Crippen LogP contribution in [0, 0.1) is 20.8 Å². The van der Waals surface area contributed by atoms with E-state index in [1.54, 1.807) is 23.1 Å². The van der Waals surface area contributed by atoms with Gasteiger partial charge < -0.3 is 5.73 Å². The Hall–Kier alpha value is -1.44. The number of fused-ring (bicyclic) bond motifs is 1. The summed E-state index contributed by atoms with van der Waals surface area (Å²) in [7, 11) is 0. The molecule has 0 amide bonds. The van der Waals surface area contributed by atoms with Gasteiger partial charge in [0.15, 0.2) is 5.65 Å². The molecule has 0 aliphatic carbocycles. The van der Waals surface area contributed by atoms with Gasteiger partial charge >= 0.3 is 0 Å². The first-order valence-electron chi connectivity index (χ1n) is 9.50. The third kappa shape index (κ3) is 3.77. The normalized spacial score (nSPS) is 13.0. The van der Waals surface area contributed by atoms with Crippen LogP contribution in [0.5, 0.6) is 0 Å². The summed E-state index contributed by atoms with van der Waals surface area (Å²) in [5.41, 5.74) is 12.6. The molecule has 3 heterocycles. The second-order valence-electron chi connectivity index (χ2n) is 7.06. The van der Waals surface area contributed by atoms with Gasteiger partial charge in [0.25, 0.3) is 0 Å². The molecule has 27 heavy (non-hydrogen) atoms. The summed E-state index contributed by atoms with van der Waals surface area (Å²) in [6, 6.07) is 2.16. The second-order valence-corrected chi connectivity index (χ2v) is 9.01. The van der Waals surface area contributed by atoms with Gasteiger partial charge in [-0.25, -0.2) is 14.5 Å². The minimum absolute atomic E-state index is 0.0354. The largest absolute Gasteiger partial charge is 0.321 e. The lowest BCUT2D eigenvalue weighted by atomic mass is 9.95. The van der Waals surface area contributed by atoms with Crippen molar-refractivity contribution in [2.45, 2.75) is 59.4 Å². The van der Waals surface area contributed by atoms with Crippen LogP contribution < -0.4 is 5.73 Å². The van der Waals surface area contributed by atoms with E-state index in [-0.39, 0.29) is 6.04 Å². The molecule has 5 nitrogen and oxygen atoms in total. The van der Waals surface area contributed by atoms with E-state index in [4.69, 9.17) is 20.8 Å². The van der Waals surface area contributed by atoms with Crippen LogP contribution in [0.1, 0.15) is 66.3 Å². The first-order chi connectivity index (χ1) is 12.9. The Balaban J connectivity index is 2.20. The minimum atomic E-state index is -0.0354. The van der Waals surface area contributed by atoms with E-state index >= 15 is 0 Å². The lowest BCUT2D eigenvalue weighted by molar-refractivity contribution is 0.638. The highest BCUT2D eigenvalue weighted by Gasteiger charge is 2.23. The van der Waals surface area contributed by atoms with Gasteiger partial charge in [-0.1, -0.05) is 13.8 Å². The van der Waals surface area contributed by atoms with Crippen LogP contribution in [0.25, 0.3) is 16.2 Å². The van der Waals surface area contributed by atoms with Crippen LogP contribution in [0.4, 0.5) is 0 Å². The fourth-order valence-electron chi connectivity index (χ4n) is 3.61. The summed E-state index contributed by atoms with van der Waals surface area (Å²) in [6.45, 7) is 10.7.